The predicted molar refractivity (Wildman–Crippen MR) is 105 cm³/mol. The monoisotopic (exact) mass is 424 g/mol. The van der Waals surface area contributed by atoms with Gasteiger partial charge in [0.2, 0.25) is 5.91 Å². The van der Waals surface area contributed by atoms with Crippen molar-refractivity contribution >= 4 is 35.8 Å². The van der Waals surface area contributed by atoms with E-state index in [1.54, 1.807) is 12.1 Å². The summed E-state index contributed by atoms with van der Waals surface area (Å²) < 4.78 is 5.20. The standard InChI is InChI=1S/C19H25ClN4O5/c20-11-17(27)24(9-8-16(21)26)23-19(13-25,10-14-6-7-14)22-18(28)29-12-15-4-2-1-3-5-15/h1-5,13-14,23H,6-12H2,(H2,21,26)(H,22,28)/t19-/m0/s1. The molecule has 158 valence electrons. The zero-order valence-corrected chi connectivity index (χ0v) is 16.7. The molecule has 4 N–H and O–H groups in total. The molecule has 0 bridgehead atoms. The SMILES string of the molecule is NC(=O)CCN(N[C@](C=O)(CC1CC1)NC(=O)OCc1ccccc1)C(=O)CCl. The first kappa shape index (κ1) is 22.6. The summed E-state index contributed by atoms with van der Waals surface area (Å²) in [6, 6.07) is 9.07. The quantitative estimate of drug-likeness (QED) is 0.199. The van der Waals surface area contributed by atoms with E-state index in [1.165, 1.54) is 0 Å². The van der Waals surface area contributed by atoms with E-state index in [4.69, 9.17) is 22.1 Å². The van der Waals surface area contributed by atoms with E-state index in [2.05, 4.69) is 10.7 Å². The average Bonchev–Trinajstić information content (AvgIpc) is 3.53. The Bertz CT molecular complexity index is 729. The van der Waals surface area contributed by atoms with Gasteiger partial charge < -0.3 is 10.5 Å². The maximum atomic E-state index is 12.3. The molecule has 0 aromatic heterocycles. The summed E-state index contributed by atoms with van der Waals surface area (Å²) in [5.74, 6) is -1.34. The van der Waals surface area contributed by atoms with Crippen molar-refractivity contribution in [2.45, 2.75) is 38.0 Å². The fourth-order valence-corrected chi connectivity index (χ4v) is 2.87. The van der Waals surface area contributed by atoms with Gasteiger partial charge >= 0.3 is 6.09 Å². The molecule has 1 fully saturated rings. The number of ether oxygens (including phenoxy) is 1. The first-order valence-electron chi connectivity index (χ1n) is 9.25. The number of hydrogen-bond donors (Lipinski definition) is 3. The highest BCUT2D eigenvalue weighted by atomic mass is 35.5. The molecule has 0 aliphatic heterocycles. The minimum absolute atomic E-state index is 0.0248. The lowest BCUT2D eigenvalue weighted by atomic mass is 10.1. The predicted octanol–water partition coefficient (Wildman–Crippen LogP) is 1.06. The van der Waals surface area contributed by atoms with Gasteiger partial charge in [0.1, 0.15) is 12.5 Å². The number of hydrazine groups is 1. The van der Waals surface area contributed by atoms with Crippen LogP contribution in [0.1, 0.15) is 31.2 Å². The number of alkyl carbamates (subject to hydrolysis) is 1. The summed E-state index contributed by atoms with van der Waals surface area (Å²) in [5.41, 5.74) is 7.10. The van der Waals surface area contributed by atoms with Gasteiger partial charge in [-0.25, -0.2) is 4.79 Å². The average molecular weight is 425 g/mol. The van der Waals surface area contributed by atoms with Crippen LogP contribution in [-0.2, 0) is 25.7 Å². The summed E-state index contributed by atoms with van der Waals surface area (Å²) in [4.78, 5) is 47.6. The van der Waals surface area contributed by atoms with Crippen LogP contribution in [0.4, 0.5) is 4.79 Å². The van der Waals surface area contributed by atoms with Crippen molar-refractivity contribution in [3.63, 3.8) is 0 Å². The highest BCUT2D eigenvalue weighted by Gasteiger charge is 2.40. The van der Waals surface area contributed by atoms with E-state index in [1.807, 2.05) is 18.2 Å². The maximum absolute atomic E-state index is 12.3. The third-order valence-electron chi connectivity index (χ3n) is 4.38. The zero-order chi connectivity index (χ0) is 21.3. The Balaban J connectivity index is 2.08. The molecular formula is C19H25ClN4O5. The lowest BCUT2D eigenvalue weighted by molar-refractivity contribution is -0.136. The second-order valence-corrected chi connectivity index (χ2v) is 7.20. The van der Waals surface area contributed by atoms with Gasteiger partial charge in [-0.3, -0.25) is 24.7 Å². The zero-order valence-electron chi connectivity index (χ0n) is 15.9. The van der Waals surface area contributed by atoms with Crippen LogP contribution in [0.15, 0.2) is 30.3 Å². The number of benzene rings is 1. The molecule has 1 aliphatic carbocycles. The van der Waals surface area contributed by atoms with Crippen LogP contribution in [-0.4, -0.2) is 47.3 Å². The Labute approximate surface area is 173 Å². The van der Waals surface area contributed by atoms with E-state index >= 15 is 0 Å². The number of primary amides is 1. The van der Waals surface area contributed by atoms with Crippen LogP contribution in [0.25, 0.3) is 0 Å². The number of aldehydes is 1. The fourth-order valence-electron chi connectivity index (χ4n) is 2.73. The van der Waals surface area contributed by atoms with E-state index < -0.39 is 23.6 Å². The summed E-state index contributed by atoms with van der Waals surface area (Å²) in [7, 11) is 0. The number of halogens is 1. The minimum atomic E-state index is -1.58. The number of hydrogen-bond acceptors (Lipinski definition) is 6. The van der Waals surface area contributed by atoms with Gasteiger partial charge in [0.25, 0.3) is 5.91 Å². The van der Waals surface area contributed by atoms with E-state index in [-0.39, 0.29) is 37.8 Å². The maximum Gasteiger partial charge on any atom is 0.409 e. The molecule has 1 atom stereocenters. The molecule has 0 saturated heterocycles. The van der Waals surface area contributed by atoms with Crippen LogP contribution in [0, 0.1) is 5.92 Å². The van der Waals surface area contributed by atoms with Crippen molar-refractivity contribution in [1.29, 1.82) is 0 Å². The number of nitrogens with zero attached hydrogens (tertiary/aromatic N) is 1. The molecule has 1 aromatic rings. The van der Waals surface area contributed by atoms with Gasteiger partial charge in [0.15, 0.2) is 11.9 Å². The van der Waals surface area contributed by atoms with Gasteiger partial charge in [-0.15, -0.1) is 11.6 Å². The third kappa shape index (κ3) is 7.71. The van der Waals surface area contributed by atoms with Crippen molar-refractivity contribution in [3.8, 4) is 0 Å². The highest BCUT2D eigenvalue weighted by molar-refractivity contribution is 6.27. The molecule has 1 aromatic carbocycles. The number of carbonyl (C=O) groups is 4. The molecule has 3 amide bonds. The van der Waals surface area contributed by atoms with Crippen LogP contribution >= 0.6 is 11.6 Å². The van der Waals surface area contributed by atoms with E-state index in [0.717, 1.165) is 23.4 Å². The summed E-state index contributed by atoms with van der Waals surface area (Å²) >= 11 is 5.63. The Morgan fingerprint density at radius 3 is 2.52 bits per heavy atom. The van der Waals surface area contributed by atoms with Crippen LogP contribution in [0.2, 0.25) is 0 Å². The van der Waals surface area contributed by atoms with Crippen molar-refractivity contribution in [1.82, 2.24) is 15.8 Å². The molecule has 0 spiro atoms. The summed E-state index contributed by atoms with van der Waals surface area (Å²) in [5, 5.41) is 3.56. The molecular weight excluding hydrogens is 400 g/mol. The molecule has 0 heterocycles. The minimum Gasteiger partial charge on any atom is -0.445 e. The largest absolute Gasteiger partial charge is 0.445 e. The van der Waals surface area contributed by atoms with Crippen LogP contribution in [0.5, 0.6) is 0 Å². The molecule has 1 saturated carbocycles. The molecule has 2 rings (SSSR count). The first-order chi connectivity index (χ1) is 13.9. The highest BCUT2D eigenvalue weighted by Crippen LogP contribution is 2.35. The normalized spacial score (nSPS) is 15.1. The Hall–Kier alpha value is -2.65. The third-order valence-corrected chi connectivity index (χ3v) is 4.61. The number of carbonyl (C=O) groups excluding carboxylic acids is 4. The van der Waals surface area contributed by atoms with E-state index in [0.29, 0.717) is 6.29 Å². The molecule has 10 heteroatoms. The fraction of sp³-hybridized carbons (Fsp3) is 0.474. The number of nitrogens with two attached hydrogens (primary N) is 1. The Morgan fingerprint density at radius 2 is 1.97 bits per heavy atom. The van der Waals surface area contributed by atoms with E-state index in [9.17, 15) is 19.2 Å². The Morgan fingerprint density at radius 1 is 1.28 bits per heavy atom. The molecule has 0 unspecified atom stereocenters. The Kier molecular flexibility index (Phi) is 8.41. The topological polar surface area (TPSA) is 131 Å². The molecule has 1 aliphatic rings. The van der Waals surface area contributed by atoms with Crippen molar-refractivity contribution in [2.75, 3.05) is 12.4 Å². The lowest BCUT2D eigenvalue weighted by Gasteiger charge is -2.36. The van der Waals surface area contributed by atoms with Crippen LogP contribution in [0.3, 0.4) is 0 Å². The summed E-state index contributed by atoms with van der Waals surface area (Å²) in [6.45, 7) is -0.0705. The number of alkyl halides is 1. The van der Waals surface area contributed by atoms with Crippen molar-refractivity contribution < 1.29 is 23.9 Å². The van der Waals surface area contributed by atoms with Gasteiger partial charge in [-0.2, -0.15) is 5.43 Å². The number of nitrogens with one attached hydrogen (secondary N) is 2. The van der Waals surface area contributed by atoms with Gasteiger partial charge in [-0.1, -0.05) is 43.2 Å². The van der Waals surface area contributed by atoms with Crippen molar-refractivity contribution in [2.24, 2.45) is 11.7 Å². The number of rotatable bonds is 12. The van der Waals surface area contributed by atoms with Gasteiger partial charge in [-0.05, 0) is 17.9 Å². The lowest BCUT2D eigenvalue weighted by Crippen LogP contribution is -2.66. The smallest absolute Gasteiger partial charge is 0.409 e. The number of amides is 3. The summed E-state index contributed by atoms with van der Waals surface area (Å²) in [6.07, 6.45) is 1.65. The molecule has 9 nitrogen and oxygen atoms in total. The molecule has 0 radical (unpaired) electrons. The second-order valence-electron chi connectivity index (χ2n) is 6.93. The molecule has 29 heavy (non-hydrogen) atoms. The first-order valence-corrected chi connectivity index (χ1v) is 9.78. The van der Waals surface area contributed by atoms with Gasteiger partial charge in [0.05, 0.1) is 0 Å². The second kappa shape index (κ2) is 10.8. The van der Waals surface area contributed by atoms with Crippen molar-refractivity contribution in [3.05, 3.63) is 35.9 Å². The van der Waals surface area contributed by atoms with Crippen LogP contribution < -0.4 is 16.5 Å². The van der Waals surface area contributed by atoms with Gasteiger partial charge in [0, 0.05) is 13.0 Å².